The Kier molecular flexibility index (Phi) is 3.59. The third-order valence-corrected chi connectivity index (χ3v) is 2.43. The number of nitriles is 2. The maximum atomic E-state index is 8.68. The zero-order valence-electron chi connectivity index (χ0n) is 9.63. The van der Waals surface area contributed by atoms with E-state index in [0.29, 0.717) is 23.5 Å². The summed E-state index contributed by atoms with van der Waals surface area (Å²) in [5, 5.41) is 17.2. The highest BCUT2D eigenvalue weighted by atomic mass is 16.5. The molecule has 2 aromatic carbocycles. The zero-order valence-corrected chi connectivity index (χ0v) is 9.63. The predicted molar refractivity (Wildman–Crippen MR) is 67.0 cm³/mol. The lowest BCUT2D eigenvalue weighted by Gasteiger charge is -2.05. The fraction of sp³-hybridized carbons (Fsp3) is 0.0667. The van der Waals surface area contributed by atoms with Gasteiger partial charge in [0.15, 0.2) is 0 Å². The Hall–Kier alpha value is -2.78. The van der Waals surface area contributed by atoms with Crippen LogP contribution in [0.25, 0.3) is 0 Å². The number of hydrogen-bond donors (Lipinski definition) is 0. The minimum atomic E-state index is 0.400. The van der Waals surface area contributed by atoms with Crippen molar-refractivity contribution in [2.24, 2.45) is 0 Å². The van der Waals surface area contributed by atoms with Crippen LogP contribution < -0.4 is 4.74 Å². The molecule has 18 heavy (non-hydrogen) atoms. The molecule has 0 bridgehead atoms. The summed E-state index contributed by atoms with van der Waals surface area (Å²) < 4.78 is 5.62. The molecule has 0 N–H and O–H groups in total. The molecule has 86 valence electrons. The molecule has 0 unspecified atom stereocenters. The summed E-state index contributed by atoms with van der Waals surface area (Å²) in [4.78, 5) is 0. The summed E-state index contributed by atoms with van der Waals surface area (Å²) >= 11 is 0. The van der Waals surface area contributed by atoms with Gasteiger partial charge in [0.1, 0.15) is 11.5 Å². The lowest BCUT2D eigenvalue weighted by Crippen LogP contribution is -1.86. The van der Waals surface area contributed by atoms with Crippen LogP contribution in [0.3, 0.4) is 0 Å². The predicted octanol–water partition coefficient (Wildman–Crippen LogP) is 3.42. The van der Waals surface area contributed by atoms with Crippen molar-refractivity contribution in [1.82, 2.24) is 0 Å². The van der Waals surface area contributed by atoms with Crippen molar-refractivity contribution in [2.75, 3.05) is 0 Å². The minimum absolute atomic E-state index is 0.400. The van der Waals surface area contributed by atoms with Gasteiger partial charge < -0.3 is 4.74 Å². The molecule has 2 aromatic rings. The van der Waals surface area contributed by atoms with Crippen LogP contribution in [0.1, 0.15) is 11.1 Å². The molecule has 3 heteroatoms. The van der Waals surface area contributed by atoms with E-state index in [1.807, 2.05) is 24.3 Å². The van der Waals surface area contributed by atoms with Crippen LogP contribution in [0.15, 0.2) is 48.5 Å². The molecule has 3 nitrogen and oxygen atoms in total. The average Bonchev–Trinajstić information content (AvgIpc) is 2.42. The Morgan fingerprint density at radius 1 is 0.833 bits per heavy atom. The third kappa shape index (κ3) is 2.87. The molecule has 0 spiro atoms. The van der Waals surface area contributed by atoms with Gasteiger partial charge in [-0.2, -0.15) is 10.5 Å². The van der Waals surface area contributed by atoms with Crippen LogP contribution in [0, 0.1) is 22.7 Å². The normalized spacial score (nSPS) is 9.22. The van der Waals surface area contributed by atoms with Gasteiger partial charge in [-0.1, -0.05) is 12.1 Å². The molecular formula is C15H10N2O. The van der Waals surface area contributed by atoms with Gasteiger partial charge in [0.2, 0.25) is 0 Å². The third-order valence-electron chi connectivity index (χ3n) is 2.43. The van der Waals surface area contributed by atoms with Gasteiger partial charge >= 0.3 is 0 Å². The summed E-state index contributed by atoms with van der Waals surface area (Å²) in [6, 6.07) is 18.4. The Bertz CT molecular complexity index is 601. The second-order valence-electron chi connectivity index (χ2n) is 3.72. The zero-order chi connectivity index (χ0) is 12.8. The van der Waals surface area contributed by atoms with Crippen molar-refractivity contribution in [3.8, 4) is 23.6 Å². The standard InChI is InChI=1S/C15H10N2O/c16-10-9-12-1-5-14(6-2-12)18-15-7-3-13(11-17)4-8-15/h1-8H,9H2. The number of hydrogen-bond acceptors (Lipinski definition) is 3. The largest absolute Gasteiger partial charge is 0.457 e. The topological polar surface area (TPSA) is 56.8 Å². The molecule has 0 saturated carbocycles. The molecule has 0 aliphatic carbocycles. The summed E-state index contributed by atoms with van der Waals surface area (Å²) in [5.41, 5.74) is 1.57. The molecule has 0 fully saturated rings. The Morgan fingerprint density at radius 3 is 1.89 bits per heavy atom. The first-order chi connectivity index (χ1) is 8.81. The smallest absolute Gasteiger partial charge is 0.127 e. The summed E-state index contributed by atoms with van der Waals surface area (Å²) in [7, 11) is 0. The first-order valence-corrected chi connectivity index (χ1v) is 5.46. The van der Waals surface area contributed by atoms with E-state index in [4.69, 9.17) is 15.3 Å². The van der Waals surface area contributed by atoms with Crippen molar-refractivity contribution >= 4 is 0 Å². The summed E-state index contributed by atoms with van der Waals surface area (Å²) in [6.07, 6.45) is 0.400. The highest BCUT2D eigenvalue weighted by Crippen LogP contribution is 2.21. The van der Waals surface area contributed by atoms with Crippen LogP contribution in [-0.4, -0.2) is 0 Å². The van der Waals surface area contributed by atoms with E-state index in [-0.39, 0.29) is 0 Å². The Morgan fingerprint density at radius 2 is 1.39 bits per heavy atom. The quantitative estimate of drug-likeness (QED) is 0.817. The number of ether oxygens (including phenoxy) is 1. The second kappa shape index (κ2) is 5.52. The van der Waals surface area contributed by atoms with Gasteiger partial charge in [-0.05, 0) is 42.0 Å². The van der Waals surface area contributed by atoms with E-state index >= 15 is 0 Å². The highest BCUT2D eigenvalue weighted by molar-refractivity contribution is 5.38. The van der Waals surface area contributed by atoms with Crippen molar-refractivity contribution in [2.45, 2.75) is 6.42 Å². The lowest BCUT2D eigenvalue weighted by atomic mass is 10.2. The van der Waals surface area contributed by atoms with Gasteiger partial charge in [0, 0.05) is 0 Å². The maximum Gasteiger partial charge on any atom is 0.127 e. The van der Waals surface area contributed by atoms with E-state index in [0.717, 1.165) is 5.56 Å². The van der Waals surface area contributed by atoms with Crippen molar-refractivity contribution in [3.05, 3.63) is 59.7 Å². The van der Waals surface area contributed by atoms with E-state index in [2.05, 4.69) is 12.1 Å². The molecule has 0 amide bonds. The van der Waals surface area contributed by atoms with E-state index < -0.39 is 0 Å². The molecular weight excluding hydrogens is 224 g/mol. The number of rotatable bonds is 3. The van der Waals surface area contributed by atoms with E-state index in [1.165, 1.54) is 0 Å². The molecule has 0 atom stereocenters. The Balaban J connectivity index is 2.09. The number of nitrogens with zero attached hydrogens (tertiary/aromatic N) is 2. The lowest BCUT2D eigenvalue weighted by molar-refractivity contribution is 0.482. The molecule has 0 aliphatic heterocycles. The molecule has 2 rings (SSSR count). The van der Waals surface area contributed by atoms with Crippen LogP contribution in [0.2, 0.25) is 0 Å². The molecule has 0 aromatic heterocycles. The fourth-order valence-electron chi connectivity index (χ4n) is 1.50. The van der Waals surface area contributed by atoms with Gasteiger partial charge in [-0.25, -0.2) is 0 Å². The summed E-state index contributed by atoms with van der Waals surface area (Å²) in [5.74, 6) is 1.39. The first-order valence-electron chi connectivity index (χ1n) is 5.46. The SMILES string of the molecule is N#CCc1ccc(Oc2ccc(C#N)cc2)cc1. The van der Waals surface area contributed by atoms with Crippen molar-refractivity contribution in [1.29, 1.82) is 10.5 Å². The van der Waals surface area contributed by atoms with Crippen LogP contribution in [-0.2, 0) is 6.42 Å². The van der Waals surface area contributed by atoms with Gasteiger partial charge in [0.05, 0.1) is 24.1 Å². The Labute approximate surface area is 105 Å². The van der Waals surface area contributed by atoms with Crippen molar-refractivity contribution < 1.29 is 4.74 Å². The molecule has 0 aliphatic rings. The van der Waals surface area contributed by atoms with E-state index in [1.54, 1.807) is 24.3 Å². The minimum Gasteiger partial charge on any atom is -0.457 e. The van der Waals surface area contributed by atoms with Gasteiger partial charge in [-0.3, -0.25) is 0 Å². The van der Waals surface area contributed by atoms with Crippen molar-refractivity contribution in [3.63, 3.8) is 0 Å². The first kappa shape index (κ1) is 11.7. The number of benzene rings is 2. The molecule has 0 radical (unpaired) electrons. The second-order valence-corrected chi connectivity index (χ2v) is 3.72. The van der Waals surface area contributed by atoms with Crippen LogP contribution in [0.4, 0.5) is 0 Å². The highest BCUT2D eigenvalue weighted by Gasteiger charge is 1.98. The monoisotopic (exact) mass is 234 g/mol. The molecule has 0 saturated heterocycles. The van der Waals surface area contributed by atoms with Gasteiger partial charge in [-0.15, -0.1) is 0 Å². The summed E-state index contributed by atoms with van der Waals surface area (Å²) in [6.45, 7) is 0. The van der Waals surface area contributed by atoms with Crippen LogP contribution >= 0.6 is 0 Å². The average molecular weight is 234 g/mol. The maximum absolute atomic E-state index is 8.68. The van der Waals surface area contributed by atoms with Crippen LogP contribution in [0.5, 0.6) is 11.5 Å². The van der Waals surface area contributed by atoms with E-state index in [9.17, 15) is 0 Å². The molecule has 0 heterocycles. The fourth-order valence-corrected chi connectivity index (χ4v) is 1.50. The van der Waals surface area contributed by atoms with Gasteiger partial charge in [0.25, 0.3) is 0 Å².